The molecule has 1 aliphatic carbocycles. The van der Waals surface area contributed by atoms with Crippen molar-refractivity contribution in [1.29, 1.82) is 0 Å². The van der Waals surface area contributed by atoms with Crippen LogP contribution in [0.1, 0.15) is 41.8 Å². The number of hydrogen-bond donors (Lipinski definition) is 1. The molecule has 3 aromatic carbocycles. The highest BCUT2D eigenvalue weighted by molar-refractivity contribution is 7.90. The first-order valence-corrected chi connectivity index (χ1v) is 12.6. The van der Waals surface area contributed by atoms with Crippen LogP contribution < -0.4 is 14.2 Å². The molecule has 0 bridgehead atoms. The lowest BCUT2D eigenvalue weighted by atomic mass is 10.1. The lowest BCUT2D eigenvalue weighted by molar-refractivity contribution is 0.0956. The van der Waals surface area contributed by atoms with E-state index in [0.717, 1.165) is 18.4 Å². The molecule has 1 fully saturated rings. The minimum absolute atomic E-state index is 0.0536. The topological polar surface area (TPSA) is 94.8 Å². The fourth-order valence-electron chi connectivity index (χ4n) is 3.77. The molecule has 0 atom stereocenters. The average Bonchev–Trinajstić information content (AvgIpc) is 3.59. The number of benzene rings is 3. The highest BCUT2D eigenvalue weighted by Crippen LogP contribution is 2.42. The minimum Gasteiger partial charge on any atom is -0.492 e. The lowest BCUT2D eigenvalue weighted by Crippen LogP contribution is -2.30. The van der Waals surface area contributed by atoms with Gasteiger partial charge in [-0.15, -0.1) is 0 Å². The highest BCUT2D eigenvalue weighted by Gasteiger charge is 2.28. The normalized spacial score (nSPS) is 13.5. The van der Waals surface area contributed by atoms with Crippen LogP contribution in [-0.4, -0.2) is 20.9 Å². The van der Waals surface area contributed by atoms with Gasteiger partial charge in [0.15, 0.2) is 5.76 Å². The third-order valence-corrected chi connectivity index (χ3v) is 6.94. The zero-order valence-corrected chi connectivity index (χ0v) is 19.6. The average molecular weight is 496 g/mol. The fraction of sp³-hybridized carbons (Fsp3) is 0.192. The molecule has 1 heterocycles. The molecule has 0 saturated heterocycles. The van der Waals surface area contributed by atoms with Gasteiger partial charge in [0.1, 0.15) is 33.5 Å². The standard InChI is InChI=1S/C26H22FNO6S/c1-2-32-22-11-10-19(33-18-6-4-3-5-7-18)14-25(22)35(30,31)28-26(29)24-15-20-21(27)12-17(16-8-9-16)13-23(20)34-24/h3-7,10-16H,2,8-9H2,1H3,(H,28,29). The minimum atomic E-state index is -4.39. The summed E-state index contributed by atoms with van der Waals surface area (Å²) in [5, 5.41) is 0.116. The second-order valence-electron chi connectivity index (χ2n) is 8.19. The van der Waals surface area contributed by atoms with Crippen LogP contribution >= 0.6 is 0 Å². The Labute approximate surface area is 201 Å². The number of halogens is 1. The van der Waals surface area contributed by atoms with Crippen molar-refractivity contribution in [2.75, 3.05) is 6.61 Å². The molecule has 0 unspecified atom stereocenters. The SMILES string of the molecule is CCOc1ccc(Oc2ccccc2)cc1S(=O)(=O)NC(=O)c1cc2c(F)cc(C3CC3)cc2o1. The number of amides is 1. The van der Waals surface area contributed by atoms with E-state index in [1.165, 1.54) is 24.3 Å². The molecule has 7 nitrogen and oxygen atoms in total. The summed E-state index contributed by atoms with van der Waals surface area (Å²) in [6, 6.07) is 17.5. The van der Waals surface area contributed by atoms with Crippen LogP contribution in [0.15, 0.2) is 76.0 Å². The first-order chi connectivity index (χ1) is 16.8. The first kappa shape index (κ1) is 22.9. The van der Waals surface area contributed by atoms with Crippen LogP contribution in [0.25, 0.3) is 11.0 Å². The van der Waals surface area contributed by atoms with Gasteiger partial charge in [0.2, 0.25) is 0 Å². The Bertz CT molecular complexity index is 1510. The number of rotatable bonds is 8. The van der Waals surface area contributed by atoms with Crippen molar-refractivity contribution < 1.29 is 31.5 Å². The second-order valence-corrected chi connectivity index (χ2v) is 9.84. The van der Waals surface area contributed by atoms with Crippen LogP contribution in [0.5, 0.6) is 17.2 Å². The van der Waals surface area contributed by atoms with Gasteiger partial charge in [0.05, 0.1) is 12.0 Å². The van der Waals surface area contributed by atoms with E-state index in [1.54, 1.807) is 43.3 Å². The number of nitrogens with one attached hydrogen (secondary N) is 1. The van der Waals surface area contributed by atoms with Gasteiger partial charge in [0, 0.05) is 12.1 Å². The number of fused-ring (bicyclic) bond motifs is 1. The predicted molar refractivity (Wildman–Crippen MR) is 127 cm³/mol. The van der Waals surface area contributed by atoms with Gasteiger partial charge in [-0.1, -0.05) is 18.2 Å². The van der Waals surface area contributed by atoms with Crippen molar-refractivity contribution in [2.45, 2.75) is 30.6 Å². The van der Waals surface area contributed by atoms with E-state index in [0.29, 0.717) is 11.7 Å². The molecule has 0 spiro atoms. The molecule has 1 amide bonds. The summed E-state index contributed by atoms with van der Waals surface area (Å²) in [5.41, 5.74) is 1.00. The largest absolute Gasteiger partial charge is 0.492 e. The number of hydrogen-bond acceptors (Lipinski definition) is 6. The molecule has 1 aromatic heterocycles. The molecule has 0 aliphatic heterocycles. The Kier molecular flexibility index (Phi) is 5.94. The number of carbonyl (C=O) groups excluding carboxylic acids is 1. The zero-order valence-electron chi connectivity index (χ0n) is 18.8. The van der Waals surface area contributed by atoms with Gasteiger partial charge in [-0.3, -0.25) is 4.79 Å². The van der Waals surface area contributed by atoms with Crippen LogP contribution in [0, 0.1) is 5.82 Å². The smallest absolute Gasteiger partial charge is 0.300 e. The van der Waals surface area contributed by atoms with Crippen LogP contribution in [0.4, 0.5) is 4.39 Å². The Morgan fingerprint density at radius 2 is 1.83 bits per heavy atom. The van der Waals surface area contributed by atoms with E-state index in [-0.39, 0.29) is 39.7 Å². The molecule has 1 aliphatic rings. The van der Waals surface area contributed by atoms with E-state index in [4.69, 9.17) is 13.9 Å². The quantitative estimate of drug-likeness (QED) is 0.334. The van der Waals surface area contributed by atoms with Gasteiger partial charge in [-0.25, -0.2) is 17.5 Å². The Morgan fingerprint density at radius 3 is 2.54 bits per heavy atom. The van der Waals surface area contributed by atoms with Crippen LogP contribution in [0.2, 0.25) is 0 Å². The van der Waals surface area contributed by atoms with Gasteiger partial charge in [-0.2, -0.15) is 0 Å². The van der Waals surface area contributed by atoms with E-state index < -0.39 is 21.7 Å². The monoisotopic (exact) mass is 495 g/mol. The summed E-state index contributed by atoms with van der Waals surface area (Å²) < 4.78 is 59.6. The van der Waals surface area contributed by atoms with E-state index >= 15 is 0 Å². The Hall–Kier alpha value is -3.85. The molecule has 1 N–H and O–H groups in total. The third-order valence-electron chi connectivity index (χ3n) is 5.59. The summed E-state index contributed by atoms with van der Waals surface area (Å²) in [4.78, 5) is 12.5. The second kappa shape index (κ2) is 9.07. The van der Waals surface area contributed by atoms with Crippen molar-refractivity contribution in [1.82, 2.24) is 4.72 Å². The Balaban J connectivity index is 1.44. The molecule has 35 heavy (non-hydrogen) atoms. The van der Waals surface area contributed by atoms with E-state index in [2.05, 4.69) is 0 Å². The molecular formula is C26H22FNO6S. The van der Waals surface area contributed by atoms with Crippen LogP contribution in [-0.2, 0) is 10.0 Å². The first-order valence-electron chi connectivity index (χ1n) is 11.1. The maximum Gasteiger partial charge on any atom is 0.300 e. The molecule has 4 aromatic rings. The highest BCUT2D eigenvalue weighted by atomic mass is 32.2. The number of sulfonamides is 1. The fourth-order valence-corrected chi connectivity index (χ4v) is 4.89. The maximum atomic E-state index is 14.5. The van der Waals surface area contributed by atoms with Gasteiger partial charge < -0.3 is 13.9 Å². The van der Waals surface area contributed by atoms with E-state index in [1.807, 2.05) is 10.8 Å². The molecule has 0 radical (unpaired) electrons. The van der Waals surface area contributed by atoms with Crippen LogP contribution in [0.3, 0.4) is 0 Å². The van der Waals surface area contributed by atoms with Crippen molar-refractivity contribution in [3.05, 3.63) is 83.9 Å². The summed E-state index contributed by atoms with van der Waals surface area (Å²) in [6.45, 7) is 1.92. The van der Waals surface area contributed by atoms with Gasteiger partial charge >= 0.3 is 5.91 Å². The van der Waals surface area contributed by atoms with Gasteiger partial charge in [0.25, 0.3) is 10.0 Å². The summed E-state index contributed by atoms with van der Waals surface area (Å²) in [6.07, 6.45) is 1.96. The number of ether oxygens (including phenoxy) is 2. The summed E-state index contributed by atoms with van der Waals surface area (Å²) >= 11 is 0. The Morgan fingerprint density at radius 1 is 1.06 bits per heavy atom. The zero-order chi connectivity index (χ0) is 24.6. The third kappa shape index (κ3) is 4.85. The van der Waals surface area contributed by atoms with Crippen molar-refractivity contribution in [2.24, 2.45) is 0 Å². The molecule has 180 valence electrons. The molecule has 9 heteroatoms. The maximum absolute atomic E-state index is 14.5. The van der Waals surface area contributed by atoms with Crippen molar-refractivity contribution in [3.8, 4) is 17.2 Å². The molecular weight excluding hydrogens is 473 g/mol. The van der Waals surface area contributed by atoms with Crippen molar-refractivity contribution >= 4 is 26.9 Å². The molecule has 1 saturated carbocycles. The summed E-state index contributed by atoms with van der Waals surface area (Å²) in [5.74, 6) is -0.753. The van der Waals surface area contributed by atoms with Crippen molar-refractivity contribution in [3.63, 3.8) is 0 Å². The lowest BCUT2D eigenvalue weighted by Gasteiger charge is -2.13. The number of furan rings is 1. The molecule has 5 rings (SSSR count). The van der Waals surface area contributed by atoms with E-state index in [9.17, 15) is 17.6 Å². The van der Waals surface area contributed by atoms with Gasteiger partial charge in [-0.05, 0) is 67.6 Å². The number of para-hydroxylation sites is 1. The number of carbonyl (C=O) groups is 1. The predicted octanol–water partition coefficient (Wildman–Crippen LogP) is 5.76. The summed E-state index contributed by atoms with van der Waals surface area (Å²) in [7, 11) is -4.39.